The Morgan fingerprint density at radius 1 is 1.47 bits per heavy atom. The number of carbonyl (C=O) groups is 1. The molecule has 1 aliphatic heterocycles. The topological polar surface area (TPSA) is 41.6 Å². The average molecular weight is 303 g/mol. The largest absolute Gasteiger partial charge is 0.497 e. The van der Waals surface area contributed by atoms with E-state index in [1.165, 1.54) is 0 Å². The predicted octanol–water partition coefficient (Wildman–Crippen LogP) is 1.74. The fraction of sp³-hybridized carbons (Fsp3) is 0.462. The number of hydrogen-bond donors (Lipinski definition) is 1. The highest BCUT2D eigenvalue weighted by molar-refractivity contribution is 7.99. The third kappa shape index (κ3) is 4.30. The second kappa shape index (κ2) is 7.62. The van der Waals surface area contributed by atoms with Crippen LogP contribution in [0.25, 0.3) is 0 Å². The van der Waals surface area contributed by atoms with Crippen molar-refractivity contribution in [3.63, 3.8) is 0 Å². The van der Waals surface area contributed by atoms with E-state index in [0.717, 1.165) is 22.9 Å². The molecule has 1 fully saturated rings. The van der Waals surface area contributed by atoms with Crippen LogP contribution in [0.1, 0.15) is 5.56 Å². The van der Waals surface area contributed by atoms with Gasteiger partial charge in [0.05, 0.1) is 13.2 Å². The van der Waals surface area contributed by atoms with Crippen LogP contribution in [-0.2, 0) is 11.3 Å². The number of methoxy groups -OCH3 is 1. The van der Waals surface area contributed by atoms with E-state index in [0.29, 0.717) is 6.54 Å². The van der Waals surface area contributed by atoms with Gasteiger partial charge in [0.2, 0.25) is 5.91 Å². The number of benzene rings is 1. The van der Waals surface area contributed by atoms with Crippen molar-refractivity contribution in [3.8, 4) is 5.75 Å². The normalized spacial score (nSPS) is 17.7. The molecule has 0 spiro atoms. The summed E-state index contributed by atoms with van der Waals surface area (Å²) in [6.07, 6.45) is 0. The van der Waals surface area contributed by atoms with Crippen LogP contribution in [0.4, 0.5) is 0 Å². The highest BCUT2D eigenvalue weighted by atomic mass is 35.5. The number of carbonyl (C=O) groups excluding carboxylic acids is 1. The van der Waals surface area contributed by atoms with E-state index in [9.17, 15) is 4.79 Å². The first-order valence-corrected chi connectivity index (χ1v) is 7.05. The second-order valence-electron chi connectivity index (χ2n) is 4.31. The van der Waals surface area contributed by atoms with Crippen LogP contribution in [0.15, 0.2) is 24.3 Å². The van der Waals surface area contributed by atoms with E-state index < -0.39 is 0 Å². The van der Waals surface area contributed by atoms with Gasteiger partial charge in [-0.2, -0.15) is 0 Å². The van der Waals surface area contributed by atoms with Crippen LogP contribution in [0.3, 0.4) is 0 Å². The Morgan fingerprint density at radius 2 is 2.16 bits per heavy atom. The van der Waals surface area contributed by atoms with E-state index in [-0.39, 0.29) is 24.4 Å². The van der Waals surface area contributed by atoms with Crippen LogP contribution in [0.2, 0.25) is 0 Å². The van der Waals surface area contributed by atoms with Crippen LogP contribution in [0.5, 0.6) is 5.75 Å². The average Bonchev–Trinajstić information content (AvgIpc) is 2.92. The van der Waals surface area contributed by atoms with Crippen molar-refractivity contribution in [2.24, 2.45) is 0 Å². The SMILES string of the molecule is COc1ccc(CN(C)C(=O)C2CSCN2)cc1.Cl. The molecular weight excluding hydrogens is 284 g/mol. The molecule has 1 aliphatic rings. The molecule has 1 aromatic carbocycles. The van der Waals surface area contributed by atoms with Crippen molar-refractivity contribution >= 4 is 30.1 Å². The van der Waals surface area contributed by atoms with Crippen molar-refractivity contribution in [2.45, 2.75) is 12.6 Å². The van der Waals surface area contributed by atoms with Crippen molar-refractivity contribution < 1.29 is 9.53 Å². The quantitative estimate of drug-likeness (QED) is 0.920. The lowest BCUT2D eigenvalue weighted by Gasteiger charge is -2.21. The number of rotatable bonds is 4. The fourth-order valence-electron chi connectivity index (χ4n) is 1.90. The third-order valence-corrected chi connectivity index (χ3v) is 3.91. The number of likely N-dealkylation sites (N-methyl/N-ethyl adjacent to an activating group) is 1. The molecule has 6 heteroatoms. The zero-order valence-electron chi connectivity index (χ0n) is 11.1. The summed E-state index contributed by atoms with van der Waals surface area (Å²) in [4.78, 5) is 13.9. The molecule has 1 saturated heterocycles. The van der Waals surface area contributed by atoms with Gasteiger partial charge in [-0.25, -0.2) is 0 Å². The molecule has 2 rings (SSSR count). The summed E-state index contributed by atoms with van der Waals surface area (Å²) in [7, 11) is 3.49. The summed E-state index contributed by atoms with van der Waals surface area (Å²) in [5.41, 5.74) is 1.11. The zero-order valence-corrected chi connectivity index (χ0v) is 12.7. The smallest absolute Gasteiger partial charge is 0.240 e. The first-order chi connectivity index (χ1) is 8.70. The lowest BCUT2D eigenvalue weighted by Crippen LogP contribution is -2.42. The van der Waals surface area contributed by atoms with Crippen LogP contribution in [-0.4, -0.2) is 42.6 Å². The highest BCUT2D eigenvalue weighted by Gasteiger charge is 2.25. The van der Waals surface area contributed by atoms with Gasteiger partial charge in [0.25, 0.3) is 0 Å². The summed E-state index contributed by atoms with van der Waals surface area (Å²) in [6, 6.07) is 7.77. The maximum Gasteiger partial charge on any atom is 0.240 e. The molecule has 0 bridgehead atoms. The van der Waals surface area contributed by atoms with E-state index >= 15 is 0 Å². The van der Waals surface area contributed by atoms with Gasteiger partial charge in [0, 0.05) is 25.2 Å². The van der Waals surface area contributed by atoms with Crippen molar-refractivity contribution in [3.05, 3.63) is 29.8 Å². The number of halogens is 1. The molecule has 0 saturated carbocycles. The Morgan fingerprint density at radius 3 is 2.68 bits per heavy atom. The van der Waals surface area contributed by atoms with Gasteiger partial charge in [-0.1, -0.05) is 12.1 Å². The van der Waals surface area contributed by atoms with Gasteiger partial charge in [0.1, 0.15) is 5.75 Å². The molecule has 1 N–H and O–H groups in total. The molecule has 0 aliphatic carbocycles. The van der Waals surface area contributed by atoms with E-state index in [1.807, 2.05) is 31.3 Å². The van der Waals surface area contributed by atoms with Crippen molar-refractivity contribution in [2.75, 3.05) is 25.8 Å². The molecule has 1 amide bonds. The van der Waals surface area contributed by atoms with Crippen molar-refractivity contribution in [1.29, 1.82) is 0 Å². The lowest BCUT2D eigenvalue weighted by molar-refractivity contribution is -0.131. The molecular formula is C13H19ClN2O2S. The van der Waals surface area contributed by atoms with Crippen LogP contribution >= 0.6 is 24.2 Å². The highest BCUT2D eigenvalue weighted by Crippen LogP contribution is 2.15. The Kier molecular flexibility index (Phi) is 6.48. The van der Waals surface area contributed by atoms with E-state index in [4.69, 9.17) is 4.74 Å². The van der Waals surface area contributed by atoms with Crippen LogP contribution in [0, 0.1) is 0 Å². The molecule has 1 atom stereocenters. The maximum absolute atomic E-state index is 12.1. The summed E-state index contributed by atoms with van der Waals surface area (Å²) in [6.45, 7) is 0.631. The van der Waals surface area contributed by atoms with Gasteiger partial charge < -0.3 is 9.64 Å². The minimum atomic E-state index is -0.0294. The predicted molar refractivity (Wildman–Crippen MR) is 81.0 cm³/mol. The number of ether oxygens (including phenoxy) is 1. The summed E-state index contributed by atoms with van der Waals surface area (Å²) in [5, 5.41) is 3.19. The fourth-order valence-corrected chi connectivity index (χ4v) is 2.84. The number of amides is 1. The Hall–Kier alpha value is -0.910. The molecule has 1 aromatic rings. The minimum Gasteiger partial charge on any atom is -0.497 e. The number of nitrogens with zero attached hydrogens (tertiary/aromatic N) is 1. The summed E-state index contributed by atoms with van der Waals surface area (Å²) in [5.74, 6) is 2.73. The van der Waals surface area contributed by atoms with Gasteiger partial charge in [-0.05, 0) is 17.7 Å². The lowest BCUT2D eigenvalue weighted by atomic mass is 10.2. The maximum atomic E-state index is 12.1. The van der Waals surface area contributed by atoms with Gasteiger partial charge in [-0.3, -0.25) is 10.1 Å². The Balaban J connectivity index is 0.00000180. The third-order valence-electron chi connectivity index (χ3n) is 2.97. The summed E-state index contributed by atoms with van der Waals surface area (Å²) < 4.78 is 5.11. The van der Waals surface area contributed by atoms with Crippen molar-refractivity contribution in [1.82, 2.24) is 10.2 Å². The monoisotopic (exact) mass is 302 g/mol. The zero-order chi connectivity index (χ0) is 13.0. The number of hydrogen-bond acceptors (Lipinski definition) is 4. The minimum absolute atomic E-state index is 0. The van der Waals surface area contributed by atoms with Gasteiger partial charge >= 0.3 is 0 Å². The first kappa shape index (κ1) is 16.1. The first-order valence-electron chi connectivity index (χ1n) is 5.89. The number of thioether (sulfide) groups is 1. The number of nitrogens with one attached hydrogen (secondary N) is 1. The molecule has 0 aromatic heterocycles. The molecule has 0 radical (unpaired) electrons. The second-order valence-corrected chi connectivity index (χ2v) is 5.34. The van der Waals surface area contributed by atoms with Gasteiger partial charge in [0.15, 0.2) is 0 Å². The molecule has 1 heterocycles. The van der Waals surface area contributed by atoms with Crippen LogP contribution < -0.4 is 10.1 Å². The Bertz CT molecular complexity index is 408. The molecule has 106 valence electrons. The summed E-state index contributed by atoms with van der Waals surface area (Å²) >= 11 is 1.76. The molecule has 4 nitrogen and oxygen atoms in total. The standard InChI is InChI=1S/C13H18N2O2S.ClH/c1-15(13(16)12-8-18-9-14-12)7-10-3-5-11(17-2)6-4-10;/h3-6,12,14H,7-9H2,1-2H3;1H. The van der Waals surface area contributed by atoms with Gasteiger partial charge in [-0.15, -0.1) is 24.2 Å². The molecule has 1 unspecified atom stereocenters. The Labute approximate surface area is 124 Å². The van der Waals surface area contributed by atoms with E-state index in [1.54, 1.807) is 23.8 Å². The molecule has 19 heavy (non-hydrogen) atoms. The van der Waals surface area contributed by atoms with E-state index in [2.05, 4.69) is 5.32 Å².